The Balaban J connectivity index is 1.32. The minimum atomic E-state index is -0.543. The van der Waals surface area contributed by atoms with Crippen LogP contribution in [0.1, 0.15) is 32.3 Å². The first kappa shape index (κ1) is 31.3. The van der Waals surface area contributed by atoms with Gasteiger partial charge in [0, 0.05) is 26.9 Å². The molecule has 0 aliphatic heterocycles. The van der Waals surface area contributed by atoms with Gasteiger partial charge in [-0.25, -0.2) is 0 Å². The lowest BCUT2D eigenvalue weighted by atomic mass is 10.1. The Hall–Kier alpha value is -5.11. The van der Waals surface area contributed by atoms with Crippen LogP contribution in [0.5, 0.6) is 0 Å². The number of nitrogens with one attached hydrogen (secondary N) is 3. The second kappa shape index (κ2) is 15.1. The van der Waals surface area contributed by atoms with Crippen molar-refractivity contribution in [3.8, 4) is 0 Å². The largest absolute Gasteiger partial charge is 0.325 e. The molecule has 5 aromatic rings. The molecule has 0 saturated heterocycles. The topological polar surface area (TPSA) is 87.3 Å². The van der Waals surface area contributed by atoms with Crippen molar-refractivity contribution in [1.82, 2.24) is 5.32 Å². The van der Waals surface area contributed by atoms with Crippen molar-refractivity contribution in [2.45, 2.75) is 17.1 Å². The van der Waals surface area contributed by atoms with Crippen molar-refractivity contribution in [2.24, 2.45) is 0 Å². The lowest BCUT2D eigenvalue weighted by Crippen LogP contribution is -2.30. The van der Waals surface area contributed by atoms with Crippen molar-refractivity contribution in [1.29, 1.82) is 0 Å². The zero-order chi connectivity index (χ0) is 31.6. The Morgan fingerprint density at radius 2 is 1.33 bits per heavy atom. The van der Waals surface area contributed by atoms with Gasteiger partial charge in [-0.3, -0.25) is 14.4 Å². The maximum atomic E-state index is 13.5. The fourth-order valence-corrected chi connectivity index (χ4v) is 5.65. The molecule has 1 atom stereocenters. The third kappa shape index (κ3) is 8.50. The van der Waals surface area contributed by atoms with Gasteiger partial charge >= 0.3 is 0 Å². The fraction of sp³-hybridized carbons (Fsp3) is 0.0541. The van der Waals surface area contributed by atoms with Crippen molar-refractivity contribution >= 4 is 58.5 Å². The summed E-state index contributed by atoms with van der Waals surface area (Å²) < 4.78 is 0. The molecule has 0 aliphatic rings. The van der Waals surface area contributed by atoms with E-state index < -0.39 is 17.1 Å². The molecule has 0 saturated carbocycles. The average molecular weight is 632 g/mol. The van der Waals surface area contributed by atoms with Crippen LogP contribution in [0.3, 0.4) is 0 Å². The lowest BCUT2D eigenvalue weighted by molar-refractivity contribution is -0.116. The molecule has 0 fully saturated rings. The van der Waals surface area contributed by atoms with E-state index in [1.807, 2.05) is 91.9 Å². The summed E-state index contributed by atoms with van der Waals surface area (Å²) in [6.07, 6.45) is 1.63. The molecule has 5 rings (SSSR count). The van der Waals surface area contributed by atoms with Gasteiger partial charge in [0.05, 0.1) is 0 Å². The number of hydrogen-bond donors (Lipinski definition) is 3. The van der Waals surface area contributed by atoms with Gasteiger partial charge in [0.1, 0.15) is 10.9 Å². The molecule has 224 valence electrons. The van der Waals surface area contributed by atoms with Gasteiger partial charge in [-0.05, 0) is 78.2 Å². The number of halogens is 1. The van der Waals surface area contributed by atoms with Crippen LogP contribution < -0.4 is 16.0 Å². The highest BCUT2D eigenvalue weighted by molar-refractivity contribution is 8.00. The molecule has 0 bridgehead atoms. The van der Waals surface area contributed by atoms with Gasteiger partial charge < -0.3 is 16.0 Å². The van der Waals surface area contributed by atoms with E-state index in [0.29, 0.717) is 22.0 Å². The molecule has 0 heterocycles. The standard InChI is InChI=1S/C37H30ClN3O3S/c1-25-31(38)18-11-19-32(25)40-37(44)34(27-14-7-3-8-15-27)45-30-22-20-29(21-23-30)39-36(43)33(24-26-12-5-2-6-13-26)41-35(42)28-16-9-4-10-17-28/h2-24,34H,1H3,(H,39,43)(H,40,44)(H,41,42)/b33-24-. The Labute approximate surface area is 271 Å². The summed E-state index contributed by atoms with van der Waals surface area (Å²) in [4.78, 5) is 40.6. The van der Waals surface area contributed by atoms with Crippen molar-refractivity contribution in [3.05, 3.63) is 166 Å². The summed E-state index contributed by atoms with van der Waals surface area (Å²) in [5.74, 6) is -1.04. The van der Waals surface area contributed by atoms with Gasteiger partial charge in [-0.2, -0.15) is 0 Å². The van der Waals surface area contributed by atoms with E-state index in [4.69, 9.17) is 11.6 Å². The molecule has 1 unspecified atom stereocenters. The van der Waals surface area contributed by atoms with Crippen LogP contribution in [0.15, 0.2) is 144 Å². The SMILES string of the molecule is Cc1c(Cl)cccc1NC(=O)C(Sc1ccc(NC(=O)/C(=C/c2ccccc2)NC(=O)c2ccccc2)cc1)c1ccccc1. The molecule has 3 N–H and O–H groups in total. The highest BCUT2D eigenvalue weighted by atomic mass is 35.5. The van der Waals surface area contributed by atoms with Crippen molar-refractivity contribution < 1.29 is 14.4 Å². The predicted octanol–water partition coefficient (Wildman–Crippen LogP) is 8.53. The van der Waals surface area contributed by atoms with E-state index in [0.717, 1.165) is 21.6 Å². The zero-order valence-corrected chi connectivity index (χ0v) is 25.9. The average Bonchev–Trinajstić information content (AvgIpc) is 3.07. The van der Waals surface area contributed by atoms with E-state index in [-0.39, 0.29) is 11.6 Å². The summed E-state index contributed by atoms with van der Waals surface area (Å²) in [7, 11) is 0. The third-order valence-corrected chi connectivity index (χ3v) is 8.55. The Morgan fingerprint density at radius 1 is 0.711 bits per heavy atom. The minimum Gasteiger partial charge on any atom is -0.325 e. The molecule has 3 amide bonds. The lowest BCUT2D eigenvalue weighted by Gasteiger charge is -2.18. The molecule has 0 spiro atoms. The summed E-state index contributed by atoms with van der Waals surface area (Å²) in [5, 5.41) is 8.69. The van der Waals surface area contributed by atoms with Gasteiger partial charge in [-0.15, -0.1) is 11.8 Å². The first-order valence-corrected chi connectivity index (χ1v) is 15.5. The van der Waals surface area contributed by atoms with E-state index in [1.165, 1.54) is 11.8 Å². The highest BCUT2D eigenvalue weighted by Gasteiger charge is 2.23. The Morgan fingerprint density at radius 3 is 2.00 bits per heavy atom. The Bertz CT molecular complexity index is 1810. The van der Waals surface area contributed by atoms with E-state index in [2.05, 4.69) is 16.0 Å². The molecule has 0 aromatic heterocycles. The number of carbonyl (C=O) groups excluding carboxylic acids is 3. The maximum Gasteiger partial charge on any atom is 0.272 e. The smallest absolute Gasteiger partial charge is 0.272 e. The van der Waals surface area contributed by atoms with Crippen molar-refractivity contribution in [3.63, 3.8) is 0 Å². The van der Waals surface area contributed by atoms with Crippen LogP contribution >= 0.6 is 23.4 Å². The molecular formula is C37H30ClN3O3S. The number of carbonyl (C=O) groups is 3. The normalized spacial score (nSPS) is 11.7. The van der Waals surface area contributed by atoms with Crippen molar-refractivity contribution in [2.75, 3.05) is 10.6 Å². The van der Waals surface area contributed by atoms with E-state index >= 15 is 0 Å². The van der Waals surface area contributed by atoms with Gasteiger partial charge in [0.25, 0.3) is 11.8 Å². The number of benzene rings is 5. The first-order chi connectivity index (χ1) is 21.9. The molecule has 5 aromatic carbocycles. The third-order valence-electron chi connectivity index (χ3n) is 6.87. The van der Waals surface area contributed by atoms with Crippen LogP contribution in [0.25, 0.3) is 6.08 Å². The van der Waals surface area contributed by atoms with Crippen LogP contribution in [0.4, 0.5) is 11.4 Å². The van der Waals surface area contributed by atoms with Crippen LogP contribution in [0.2, 0.25) is 5.02 Å². The Kier molecular flexibility index (Phi) is 10.5. The minimum absolute atomic E-state index is 0.102. The summed E-state index contributed by atoms with van der Waals surface area (Å²) in [5.41, 5.74) is 4.14. The van der Waals surface area contributed by atoms with Crippen LogP contribution in [-0.2, 0) is 9.59 Å². The summed E-state index contributed by atoms with van der Waals surface area (Å²) >= 11 is 7.67. The number of hydrogen-bond acceptors (Lipinski definition) is 4. The molecule has 45 heavy (non-hydrogen) atoms. The quantitative estimate of drug-likeness (QED) is 0.106. The zero-order valence-electron chi connectivity index (χ0n) is 24.4. The number of rotatable bonds is 10. The van der Waals surface area contributed by atoms with E-state index in [9.17, 15) is 14.4 Å². The number of amides is 3. The molecule has 6 nitrogen and oxygen atoms in total. The van der Waals surface area contributed by atoms with Gasteiger partial charge in [-0.1, -0.05) is 96.5 Å². The molecule has 0 aliphatic carbocycles. The van der Waals surface area contributed by atoms with Crippen LogP contribution in [0, 0.1) is 6.92 Å². The second-order valence-electron chi connectivity index (χ2n) is 10.1. The van der Waals surface area contributed by atoms with E-state index in [1.54, 1.807) is 54.6 Å². The highest BCUT2D eigenvalue weighted by Crippen LogP contribution is 2.37. The van der Waals surface area contributed by atoms with Gasteiger partial charge in [0.2, 0.25) is 5.91 Å². The summed E-state index contributed by atoms with van der Waals surface area (Å²) in [6, 6.07) is 40.2. The molecule has 0 radical (unpaired) electrons. The second-order valence-corrected chi connectivity index (χ2v) is 11.7. The maximum absolute atomic E-state index is 13.5. The fourth-order valence-electron chi connectivity index (χ4n) is 4.45. The predicted molar refractivity (Wildman–Crippen MR) is 183 cm³/mol. The number of anilines is 2. The summed E-state index contributed by atoms with van der Waals surface area (Å²) in [6.45, 7) is 1.86. The molecular weight excluding hydrogens is 602 g/mol. The molecule has 8 heteroatoms. The van der Waals surface area contributed by atoms with Crippen LogP contribution in [-0.4, -0.2) is 17.7 Å². The van der Waals surface area contributed by atoms with Gasteiger partial charge in [0.15, 0.2) is 0 Å². The number of thioether (sulfide) groups is 1. The monoisotopic (exact) mass is 631 g/mol. The first-order valence-electron chi connectivity index (χ1n) is 14.2.